The summed E-state index contributed by atoms with van der Waals surface area (Å²) in [7, 11) is 0. The first-order valence-electron chi connectivity index (χ1n) is 8.07. The Bertz CT molecular complexity index is 803. The van der Waals surface area contributed by atoms with Crippen molar-refractivity contribution in [2.75, 3.05) is 0 Å². The van der Waals surface area contributed by atoms with E-state index in [2.05, 4.69) is 15.6 Å². The second-order valence-electron chi connectivity index (χ2n) is 6.75. The highest BCUT2D eigenvalue weighted by Gasteiger charge is 2.20. The molecule has 2 amide bonds. The van der Waals surface area contributed by atoms with Gasteiger partial charge in [0.1, 0.15) is 22.9 Å². The average molecular weight is 401 g/mol. The molecule has 3 N–H and O–H groups in total. The number of alkyl carbamates (subject to hydrolysis) is 2. The Morgan fingerprint density at radius 1 is 1.07 bits per heavy atom. The maximum atomic E-state index is 14.1. The average Bonchev–Trinajstić information content (AvgIpc) is 2.47. The Morgan fingerprint density at radius 2 is 1.64 bits per heavy atom. The van der Waals surface area contributed by atoms with Crippen molar-refractivity contribution >= 4 is 29.8 Å². The van der Waals surface area contributed by atoms with E-state index in [0.717, 1.165) is 0 Å². The van der Waals surface area contributed by atoms with Crippen molar-refractivity contribution in [2.45, 2.75) is 46.3 Å². The van der Waals surface area contributed by atoms with Gasteiger partial charge in [-0.05, 0) is 40.7 Å². The lowest BCUT2D eigenvalue weighted by atomic mass is 10.2. The van der Waals surface area contributed by atoms with Crippen molar-refractivity contribution in [1.82, 2.24) is 10.6 Å². The summed E-state index contributed by atoms with van der Waals surface area (Å²) in [5, 5.41) is 13.0. The molecule has 0 unspecified atom stereocenters. The molecule has 154 valence electrons. The zero-order valence-electron chi connectivity index (χ0n) is 15.9. The Morgan fingerprint density at radius 3 is 2.14 bits per heavy atom. The monoisotopic (exact) mass is 401 g/mol. The zero-order chi connectivity index (χ0) is 21.6. The molecule has 0 aliphatic heterocycles. The number of carbonyl (C=O) groups excluding carboxylic acids is 2. The number of benzene rings is 1. The highest BCUT2D eigenvalue weighted by Crippen LogP contribution is 2.22. The van der Waals surface area contributed by atoms with Crippen molar-refractivity contribution in [3.63, 3.8) is 0 Å². The van der Waals surface area contributed by atoms with Gasteiger partial charge in [0.25, 0.3) is 0 Å². The van der Waals surface area contributed by atoms with Crippen LogP contribution in [0.15, 0.2) is 17.1 Å². The van der Waals surface area contributed by atoms with Crippen molar-refractivity contribution in [2.24, 2.45) is 4.99 Å². The predicted molar refractivity (Wildman–Crippen MR) is 94.5 cm³/mol. The van der Waals surface area contributed by atoms with E-state index in [4.69, 9.17) is 14.6 Å². The molecule has 0 spiro atoms. The van der Waals surface area contributed by atoms with Crippen LogP contribution in [0.5, 0.6) is 0 Å². The largest absolute Gasteiger partial charge is 0.478 e. The van der Waals surface area contributed by atoms with E-state index in [1.165, 1.54) is 0 Å². The molecule has 28 heavy (non-hydrogen) atoms. The van der Waals surface area contributed by atoms with E-state index >= 15 is 0 Å². The molecular formula is C17H21F2N3O6. The SMILES string of the molecule is CC(C)OC(=O)NC(=Nc1cc(F)c(C(=O)O)cc1F)NC(=O)OC(C)(C)C. The van der Waals surface area contributed by atoms with Crippen molar-refractivity contribution in [1.29, 1.82) is 0 Å². The second-order valence-corrected chi connectivity index (χ2v) is 6.75. The highest BCUT2D eigenvalue weighted by atomic mass is 19.1. The molecule has 1 aromatic carbocycles. The molecule has 0 heterocycles. The summed E-state index contributed by atoms with van der Waals surface area (Å²) in [6.07, 6.45) is -2.56. The smallest absolute Gasteiger partial charge is 0.414 e. The molecule has 0 atom stereocenters. The number of hydrogen-bond donors (Lipinski definition) is 3. The summed E-state index contributed by atoms with van der Waals surface area (Å²) in [5.74, 6) is -4.73. The third kappa shape index (κ3) is 7.56. The first-order valence-corrected chi connectivity index (χ1v) is 8.07. The molecule has 0 saturated heterocycles. The molecule has 0 radical (unpaired) electrons. The number of nitrogens with zero attached hydrogens (tertiary/aromatic N) is 1. The van der Waals surface area contributed by atoms with Crippen LogP contribution in [0.25, 0.3) is 0 Å². The van der Waals surface area contributed by atoms with Gasteiger partial charge in [-0.25, -0.2) is 28.2 Å². The molecule has 0 aliphatic carbocycles. The van der Waals surface area contributed by atoms with Gasteiger partial charge in [0.05, 0.1) is 11.7 Å². The third-order valence-corrected chi connectivity index (χ3v) is 2.68. The standard InChI is InChI=1S/C17H21F2N3O6/c1-8(2)27-15(25)21-14(22-16(26)28-17(3,4)5)20-12-7-10(18)9(13(23)24)6-11(12)19/h6-8H,1-5H3,(H,23,24)(H2,20,21,22,25,26). The molecular weight excluding hydrogens is 380 g/mol. The van der Waals surface area contributed by atoms with E-state index in [9.17, 15) is 23.2 Å². The molecule has 11 heteroatoms. The Hall–Kier alpha value is -3.24. The van der Waals surface area contributed by atoms with Crippen LogP contribution in [0.1, 0.15) is 45.0 Å². The van der Waals surface area contributed by atoms with Crippen LogP contribution in [-0.4, -0.2) is 40.9 Å². The normalized spacial score (nSPS) is 11.8. The fourth-order valence-corrected chi connectivity index (χ4v) is 1.73. The molecule has 9 nitrogen and oxygen atoms in total. The minimum Gasteiger partial charge on any atom is -0.478 e. The van der Waals surface area contributed by atoms with Crippen molar-refractivity contribution in [3.8, 4) is 0 Å². The lowest BCUT2D eigenvalue weighted by Crippen LogP contribution is -2.46. The summed E-state index contributed by atoms with van der Waals surface area (Å²) in [5.41, 5.74) is -2.45. The molecule has 0 fully saturated rings. The summed E-state index contributed by atoms with van der Waals surface area (Å²) < 4.78 is 37.7. The number of amides is 2. The Labute approximate surface area is 159 Å². The number of nitrogens with one attached hydrogen (secondary N) is 2. The van der Waals surface area contributed by atoms with E-state index in [-0.39, 0.29) is 0 Å². The Kier molecular flexibility index (Phi) is 7.42. The van der Waals surface area contributed by atoms with Crippen LogP contribution >= 0.6 is 0 Å². The van der Waals surface area contributed by atoms with Gasteiger partial charge in [-0.3, -0.25) is 10.6 Å². The van der Waals surface area contributed by atoms with Crippen molar-refractivity contribution in [3.05, 3.63) is 29.3 Å². The molecule has 0 aromatic heterocycles. The van der Waals surface area contributed by atoms with Crippen LogP contribution < -0.4 is 10.6 Å². The number of halogens is 2. The predicted octanol–water partition coefficient (Wildman–Crippen LogP) is 3.31. The van der Waals surface area contributed by atoms with E-state index in [1.807, 2.05) is 0 Å². The minimum atomic E-state index is -1.67. The number of guanidine groups is 1. The van der Waals surface area contributed by atoms with Crippen LogP contribution in [0.2, 0.25) is 0 Å². The molecule has 0 bridgehead atoms. The maximum Gasteiger partial charge on any atom is 0.414 e. The van der Waals surface area contributed by atoms with Gasteiger partial charge in [-0.15, -0.1) is 0 Å². The third-order valence-electron chi connectivity index (χ3n) is 2.68. The number of carboxylic acids is 1. The topological polar surface area (TPSA) is 126 Å². The van der Waals surface area contributed by atoms with Gasteiger partial charge in [0.2, 0.25) is 5.96 Å². The van der Waals surface area contributed by atoms with Crippen LogP contribution in [0.4, 0.5) is 24.1 Å². The number of aromatic carboxylic acids is 1. The molecule has 0 aliphatic rings. The van der Waals surface area contributed by atoms with Crippen LogP contribution in [-0.2, 0) is 9.47 Å². The van der Waals surface area contributed by atoms with Crippen LogP contribution in [0.3, 0.4) is 0 Å². The second kappa shape index (κ2) is 9.11. The number of hydrogen-bond acceptors (Lipinski definition) is 6. The van der Waals surface area contributed by atoms with Crippen LogP contribution in [0, 0.1) is 11.6 Å². The minimum absolute atomic E-state index is 0.425. The quantitative estimate of drug-likeness (QED) is 0.527. The van der Waals surface area contributed by atoms with Crippen molar-refractivity contribution < 1.29 is 37.7 Å². The van der Waals surface area contributed by atoms with Gasteiger partial charge in [-0.1, -0.05) is 0 Å². The van der Waals surface area contributed by atoms with Gasteiger partial charge in [-0.2, -0.15) is 0 Å². The maximum absolute atomic E-state index is 14.1. The summed E-state index contributed by atoms with van der Waals surface area (Å²) in [6, 6.07) is 0.930. The number of ether oxygens (including phenoxy) is 2. The van der Waals surface area contributed by atoms with Gasteiger partial charge < -0.3 is 14.6 Å². The number of rotatable bonds is 3. The molecule has 0 saturated carbocycles. The zero-order valence-corrected chi connectivity index (χ0v) is 15.9. The first-order chi connectivity index (χ1) is 12.8. The summed E-state index contributed by atoms with van der Waals surface area (Å²) in [6.45, 7) is 7.89. The first kappa shape index (κ1) is 22.8. The Balaban J connectivity index is 3.22. The molecule has 1 rings (SSSR count). The fourth-order valence-electron chi connectivity index (χ4n) is 1.73. The lowest BCUT2D eigenvalue weighted by Gasteiger charge is -2.20. The molecule has 1 aromatic rings. The summed E-state index contributed by atoms with van der Waals surface area (Å²) in [4.78, 5) is 38.1. The highest BCUT2D eigenvalue weighted by molar-refractivity contribution is 6.02. The number of carbonyl (C=O) groups is 3. The number of aliphatic imine (C=N–C) groups is 1. The summed E-state index contributed by atoms with van der Waals surface area (Å²) >= 11 is 0. The van der Waals surface area contributed by atoms with Gasteiger partial charge in [0, 0.05) is 6.07 Å². The fraction of sp³-hybridized carbons (Fsp3) is 0.412. The van der Waals surface area contributed by atoms with E-state index < -0.39 is 58.7 Å². The number of carboxylic acid groups (broad SMARTS) is 1. The van der Waals surface area contributed by atoms with Gasteiger partial charge >= 0.3 is 18.2 Å². The van der Waals surface area contributed by atoms with E-state index in [0.29, 0.717) is 12.1 Å². The lowest BCUT2D eigenvalue weighted by molar-refractivity contribution is 0.0560. The van der Waals surface area contributed by atoms with E-state index in [1.54, 1.807) is 34.6 Å². The van der Waals surface area contributed by atoms with Gasteiger partial charge in [0.15, 0.2) is 0 Å².